The summed E-state index contributed by atoms with van der Waals surface area (Å²) in [6.45, 7) is 2.77. The SMILES string of the molecule is CCn1ncc2c(-c3cncc(Br)c3)c(/C=C/C(=O)O)c(C3CCCC3)nc21. The molecule has 0 unspecified atom stereocenters. The Labute approximate surface area is 171 Å². The van der Waals surface area contributed by atoms with Crippen molar-refractivity contribution in [3.05, 3.63) is 46.5 Å². The molecule has 3 aromatic rings. The zero-order valence-electron chi connectivity index (χ0n) is 15.6. The molecule has 3 aromatic heterocycles. The lowest BCUT2D eigenvalue weighted by Gasteiger charge is -2.18. The number of carboxylic acids is 1. The van der Waals surface area contributed by atoms with Gasteiger partial charge in [-0.2, -0.15) is 5.10 Å². The van der Waals surface area contributed by atoms with Gasteiger partial charge in [0.1, 0.15) is 0 Å². The minimum Gasteiger partial charge on any atom is -0.478 e. The number of pyridine rings is 2. The number of aromatic nitrogens is 4. The summed E-state index contributed by atoms with van der Waals surface area (Å²) in [5.74, 6) is -0.642. The topological polar surface area (TPSA) is 80.9 Å². The Balaban J connectivity index is 2.08. The standard InChI is InChI=1S/C21H21BrN4O2/c1-2-26-21-17(12-24-26)19(14-9-15(22)11-23-10-14)16(7-8-18(27)28)20(25-21)13-5-3-4-6-13/h7-13H,2-6H2,1H3,(H,27,28)/b8-7+. The van der Waals surface area contributed by atoms with E-state index in [1.807, 2.05) is 23.9 Å². The number of fused-ring (bicyclic) bond motifs is 1. The van der Waals surface area contributed by atoms with Crippen LogP contribution in [-0.2, 0) is 11.3 Å². The fourth-order valence-corrected chi connectivity index (χ4v) is 4.41. The molecule has 1 N–H and O–H groups in total. The van der Waals surface area contributed by atoms with Crippen molar-refractivity contribution in [1.29, 1.82) is 0 Å². The summed E-state index contributed by atoms with van der Waals surface area (Å²) in [5, 5.41) is 14.7. The first-order valence-electron chi connectivity index (χ1n) is 9.49. The van der Waals surface area contributed by atoms with E-state index in [1.165, 1.54) is 18.9 Å². The Hall–Kier alpha value is -2.54. The second-order valence-electron chi connectivity index (χ2n) is 7.03. The predicted molar refractivity (Wildman–Crippen MR) is 112 cm³/mol. The van der Waals surface area contributed by atoms with Crippen LogP contribution in [0.5, 0.6) is 0 Å². The van der Waals surface area contributed by atoms with E-state index in [0.29, 0.717) is 5.92 Å². The zero-order chi connectivity index (χ0) is 19.7. The number of aliphatic carboxylic acids is 1. The lowest BCUT2D eigenvalue weighted by molar-refractivity contribution is -0.131. The second kappa shape index (κ2) is 7.83. The van der Waals surface area contributed by atoms with Gasteiger partial charge in [0.05, 0.1) is 11.9 Å². The molecular formula is C21H21BrN4O2. The van der Waals surface area contributed by atoms with Crippen LogP contribution in [0.2, 0.25) is 0 Å². The van der Waals surface area contributed by atoms with E-state index in [-0.39, 0.29) is 0 Å². The van der Waals surface area contributed by atoms with E-state index in [1.54, 1.807) is 18.5 Å². The Morgan fingerprint density at radius 2 is 2.11 bits per heavy atom. The van der Waals surface area contributed by atoms with Gasteiger partial charge in [-0.3, -0.25) is 4.98 Å². The molecular weight excluding hydrogens is 420 g/mol. The maximum absolute atomic E-state index is 11.3. The molecule has 4 rings (SSSR count). The Bertz CT molecular complexity index is 1070. The van der Waals surface area contributed by atoms with E-state index in [2.05, 4.69) is 26.0 Å². The fraction of sp³-hybridized carbons (Fsp3) is 0.333. The van der Waals surface area contributed by atoms with Gasteiger partial charge in [0.15, 0.2) is 5.65 Å². The van der Waals surface area contributed by atoms with Crippen LogP contribution in [0.15, 0.2) is 35.2 Å². The number of aryl methyl sites for hydroxylation is 1. The van der Waals surface area contributed by atoms with Crippen LogP contribution < -0.4 is 0 Å². The lowest BCUT2D eigenvalue weighted by Crippen LogP contribution is -2.06. The van der Waals surface area contributed by atoms with Gasteiger partial charge in [0, 0.05) is 57.5 Å². The van der Waals surface area contributed by atoms with Crippen LogP contribution in [0.1, 0.15) is 49.8 Å². The van der Waals surface area contributed by atoms with E-state index in [9.17, 15) is 9.90 Å². The van der Waals surface area contributed by atoms with Crippen LogP contribution in [-0.4, -0.2) is 30.8 Å². The Kier molecular flexibility index (Phi) is 5.26. The third kappa shape index (κ3) is 3.46. The summed E-state index contributed by atoms with van der Waals surface area (Å²) < 4.78 is 2.77. The monoisotopic (exact) mass is 440 g/mol. The number of rotatable bonds is 5. The fourth-order valence-electron chi connectivity index (χ4n) is 4.05. The van der Waals surface area contributed by atoms with Crippen LogP contribution in [0.4, 0.5) is 0 Å². The molecule has 144 valence electrons. The van der Waals surface area contributed by atoms with Crippen molar-refractivity contribution in [2.45, 2.75) is 45.1 Å². The number of carboxylic acid groups (broad SMARTS) is 1. The zero-order valence-corrected chi connectivity index (χ0v) is 17.2. The van der Waals surface area contributed by atoms with Crippen molar-refractivity contribution in [3.8, 4) is 11.1 Å². The van der Waals surface area contributed by atoms with E-state index in [0.717, 1.165) is 57.3 Å². The number of hydrogen-bond donors (Lipinski definition) is 1. The first-order chi connectivity index (χ1) is 13.6. The van der Waals surface area contributed by atoms with Crippen LogP contribution >= 0.6 is 15.9 Å². The van der Waals surface area contributed by atoms with Gasteiger partial charge in [-0.15, -0.1) is 0 Å². The maximum Gasteiger partial charge on any atom is 0.328 e. The van der Waals surface area contributed by atoms with Crippen molar-refractivity contribution in [3.63, 3.8) is 0 Å². The minimum absolute atomic E-state index is 0.330. The molecule has 0 saturated heterocycles. The Morgan fingerprint density at radius 1 is 1.32 bits per heavy atom. The van der Waals surface area contributed by atoms with Gasteiger partial charge in [-0.05, 0) is 47.8 Å². The molecule has 0 atom stereocenters. The highest BCUT2D eigenvalue weighted by atomic mass is 79.9. The summed E-state index contributed by atoms with van der Waals surface area (Å²) >= 11 is 3.50. The lowest BCUT2D eigenvalue weighted by atomic mass is 9.90. The summed E-state index contributed by atoms with van der Waals surface area (Å²) in [6, 6.07) is 2.00. The molecule has 1 aliphatic carbocycles. The van der Waals surface area contributed by atoms with Crippen molar-refractivity contribution >= 4 is 39.0 Å². The molecule has 0 aliphatic heterocycles. The highest BCUT2D eigenvalue weighted by molar-refractivity contribution is 9.10. The summed E-state index contributed by atoms with van der Waals surface area (Å²) in [5.41, 5.74) is 4.52. The molecule has 0 aromatic carbocycles. The molecule has 1 saturated carbocycles. The average Bonchev–Trinajstić information content (AvgIpc) is 3.34. The third-order valence-corrected chi connectivity index (χ3v) is 5.71. The molecule has 3 heterocycles. The number of carbonyl (C=O) groups is 1. The average molecular weight is 441 g/mol. The predicted octanol–water partition coefficient (Wildman–Crippen LogP) is 5.03. The maximum atomic E-state index is 11.3. The van der Waals surface area contributed by atoms with Crippen molar-refractivity contribution in [1.82, 2.24) is 19.7 Å². The molecule has 28 heavy (non-hydrogen) atoms. The quantitative estimate of drug-likeness (QED) is 0.562. The van der Waals surface area contributed by atoms with Gasteiger partial charge in [-0.25, -0.2) is 14.5 Å². The molecule has 0 amide bonds. The molecule has 0 bridgehead atoms. The summed E-state index contributed by atoms with van der Waals surface area (Å²) in [7, 11) is 0. The molecule has 0 radical (unpaired) electrons. The molecule has 1 aliphatic rings. The summed E-state index contributed by atoms with van der Waals surface area (Å²) in [6.07, 6.45) is 12.7. The highest BCUT2D eigenvalue weighted by Crippen LogP contribution is 2.41. The smallest absolute Gasteiger partial charge is 0.328 e. The van der Waals surface area contributed by atoms with Crippen LogP contribution in [0, 0.1) is 0 Å². The Morgan fingerprint density at radius 3 is 2.79 bits per heavy atom. The number of nitrogens with zero attached hydrogens (tertiary/aromatic N) is 4. The number of hydrogen-bond acceptors (Lipinski definition) is 4. The minimum atomic E-state index is -0.972. The largest absolute Gasteiger partial charge is 0.478 e. The first-order valence-corrected chi connectivity index (χ1v) is 10.3. The molecule has 0 spiro atoms. The van der Waals surface area contributed by atoms with Gasteiger partial charge in [0.2, 0.25) is 0 Å². The number of halogens is 1. The van der Waals surface area contributed by atoms with E-state index in [4.69, 9.17) is 4.98 Å². The van der Waals surface area contributed by atoms with Crippen LogP contribution in [0.25, 0.3) is 28.2 Å². The first kappa shape index (κ1) is 18.8. The van der Waals surface area contributed by atoms with E-state index < -0.39 is 5.97 Å². The third-order valence-electron chi connectivity index (χ3n) is 5.28. The second-order valence-corrected chi connectivity index (χ2v) is 7.94. The van der Waals surface area contributed by atoms with Crippen molar-refractivity contribution < 1.29 is 9.90 Å². The molecule has 1 fully saturated rings. The van der Waals surface area contributed by atoms with Crippen molar-refractivity contribution in [2.75, 3.05) is 0 Å². The van der Waals surface area contributed by atoms with Crippen molar-refractivity contribution in [2.24, 2.45) is 0 Å². The van der Waals surface area contributed by atoms with Gasteiger partial charge in [0.25, 0.3) is 0 Å². The van der Waals surface area contributed by atoms with Crippen LogP contribution in [0.3, 0.4) is 0 Å². The van der Waals surface area contributed by atoms with E-state index >= 15 is 0 Å². The normalized spacial score (nSPS) is 15.1. The van der Waals surface area contributed by atoms with Gasteiger partial charge < -0.3 is 5.11 Å². The summed E-state index contributed by atoms with van der Waals surface area (Å²) in [4.78, 5) is 20.6. The van der Waals surface area contributed by atoms with Gasteiger partial charge in [-0.1, -0.05) is 12.8 Å². The highest BCUT2D eigenvalue weighted by Gasteiger charge is 2.26. The van der Waals surface area contributed by atoms with Gasteiger partial charge >= 0.3 is 5.97 Å². The molecule has 7 heteroatoms. The molecule has 6 nitrogen and oxygen atoms in total.